The van der Waals surface area contributed by atoms with E-state index in [1.807, 2.05) is 31.2 Å². The lowest BCUT2D eigenvalue weighted by Gasteiger charge is -2.28. The van der Waals surface area contributed by atoms with Crippen LogP contribution in [0.2, 0.25) is 0 Å². The van der Waals surface area contributed by atoms with Gasteiger partial charge in [-0.1, -0.05) is 12.1 Å². The molecule has 1 N–H and O–H groups in total. The summed E-state index contributed by atoms with van der Waals surface area (Å²) in [7, 11) is 0. The van der Waals surface area contributed by atoms with E-state index < -0.39 is 0 Å². The van der Waals surface area contributed by atoms with Crippen molar-refractivity contribution in [1.29, 1.82) is 0 Å². The first-order valence-electron chi connectivity index (χ1n) is 6.86. The van der Waals surface area contributed by atoms with Crippen LogP contribution in [0.15, 0.2) is 41.3 Å². The first-order valence-corrected chi connectivity index (χ1v) is 6.86. The molecule has 2 aromatic rings. The van der Waals surface area contributed by atoms with Gasteiger partial charge < -0.3 is 10.2 Å². The Balaban J connectivity index is 1.93. The molecule has 0 radical (unpaired) electrons. The van der Waals surface area contributed by atoms with Gasteiger partial charge in [0, 0.05) is 32.2 Å². The van der Waals surface area contributed by atoms with Crippen LogP contribution in [-0.4, -0.2) is 36.0 Å². The summed E-state index contributed by atoms with van der Waals surface area (Å²) in [5, 5.41) is 7.60. The predicted octanol–water partition coefficient (Wildman–Crippen LogP) is 0.951. The normalized spacial score (nSPS) is 15.3. The minimum atomic E-state index is -0.0911. The van der Waals surface area contributed by atoms with E-state index >= 15 is 0 Å². The Morgan fingerprint density at radius 1 is 1.15 bits per heavy atom. The van der Waals surface area contributed by atoms with Gasteiger partial charge in [-0.2, -0.15) is 9.78 Å². The van der Waals surface area contributed by atoms with Crippen LogP contribution < -0.4 is 15.8 Å². The molecule has 1 aromatic carbocycles. The van der Waals surface area contributed by atoms with E-state index in [-0.39, 0.29) is 5.56 Å². The van der Waals surface area contributed by atoms with Gasteiger partial charge in [0.2, 0.25) is 0 Å². The van der Waals surface area contributed by atoms with Crippen LogP contribution in [0.1, 0.15) is 5.56 Å². The van der Waals surface area contributed by atoms with Gasteiger partial charge in [0.1, 0.15) is 0 Å². The van der Waals surface area contributed by atoms with E-state index in [0.717, 1.165) is 43.1 Å². The van der Waals surface area contributed by atoms with Gasteiger partial charge in [-0.15, -0.1) is 0 Å². The lowest BCUT2D eigenvalue weighted by atomic mass is 10.2. The molecule has 0 aliphatic carbocycles. The van der Waals surface area contributed by atoms with E-state index in [1.54, 1.807) is 12.3 Å². The zero-order chi connectivity index (χ0) is 13.9. The summed E-state index contributed by atoms with van der Waals surface area (Å²) >= 11 is 0. The van der Waals surface area contributed by atoms with Crippen LogP contribution in [0.3, 0.4) is 0 Å². The lowest BCUT2D eigenvalue weighted by Crippen LogP contribution is -2.44. The van der Waals surface area contributed by atoms with E-state index in [1.165, 1.54) is 4.68 Å². The molecule has 20 heavy (non-hydrogen) atoms. The van der Waals surface area contributed by atoms with Crippen molar-refractivity contribution >= 4 is 5.69 Å². The summed E-state index contributed by atoms with van der Waals surface area (Å²) in [4.78, 5) is 14.4. The number of hydrogen-bond acceptors (Lipinski definition) is 4. The Bertz CT molecular complexity index is 659. The monoisotopic (exact) mass is 270 g/mol. The first kappa shape index (κ1) is 12.9. The van der Waals surface area contributed by atoms with E-state index in [4.69, 9.17) is 0 Å². The maximum absolute atomic E-state index is 12.3. The van der Waals surface area contributed by atoms with Crippen molar-refractivity contribution in [2.75, 3.05) is 31.1 Å². The van der Waals surface area contributed by atoms with Gasteiger partial charge in [-0.25, -0.2) is 0 Å². The van der Waals surface area contributed by atoms with E-state index in [2.05, 4.69) is 15.3 Å². The second-order valence-corrected chi connectivity index (χ2v) is 5.04. The molecule has 5 nitrogen and oxygen atoms in total. The van der Waals surface area contributed by atoms with Gasteiger partial charge in [0.05, 0.1) is 17.6 Å². The highest BCUT2D eigenvalue weighted by molar-refractivity contribution is 5.45. The van der Waals surface area contributed by atoms with Crippen LogP contribution in [-0.2, 0) is 0 Å². The second-order valence-electron chi connectivity index (χ2n) is 5.04. The van der Waals surface area contributed by atoms with Gasteiger partial charge in [0.15, 0.2) is 0 Å². The fourth-order valence-electron chi connectivity index (χ4n) is 2.45. The van der Waals surface area contributed by atoms with Crippen molar-refractivity contribution in [1.82, 2.24) is 15.1 Å². The second kappa shape index (κ2) is 5.46. The van der Waals surface area contributed by atoms with Crippen LogP contribution in [0, 0.1) is 6.92 Å². The topological polar surface area (TPSA) is 50.2 Å². The van der Waals surface area contributed by atoms with Crippen LogP contribution in [0.5, 0.6) is 0 Å². The number of nitrogens with one attached hydrogen (secondary N) is 1. The molecule has 1 aromatic heterocycles. The molecule has 1 fully saturated rings. The Hall–Kier alpha value is -2.14. The number of rotatable bonds is 2. The molecule has 0 saturated carbocycles. The van der Waals surface area contributed by atoms with Crippen LogP contribution >= 0.6 is 0 Å². The molecule has 1 aliphatic heterocycles. The Labute approximate surface area is 117 Å². The SMILES string of the molecule is Cc1cccc(-n2ncc(N3CCNCC3)cc2=O)c1. The zero-order valence-electron chi connectivity index (χ0n) is 11.5. The van der Waals surface area contributed by atoms with E-state index in [9.17, 15) is 4.79 Å². The molecule has 0 bridgehead atoms. The summed E-state index contributed by atoms with van der Waals surface area (Å²) in [6, 6.07) is 9.46. The van der Waals surface area contributed by atoms with Crippen LogP contribution in [0.4, 0.5) is 5.69 Å². The molecule has 1 aliphatic rings. The van der Waals surface area contributed by atoms with Crippen molar-refractivity contribution in [2.24, 2.45) is 0 Å². The van der Waals surface area contributed by atoms with Crippen molar-refractivity contribution in [3.05, 3.63) is 52.4 Å². The molecule has 0 atom stereocenters. The number of piperazine rings is 1. The molecule has 0 amide bonds. The molecular formula is C15H18N4O. The minimum absolute atomic E-state index is 0.0911. The first-order chi connectivity index (χ1) is 9.74. The third-order valence-electron chi connectivity index (χ3n) is 3.51. The molecule has 0 spiro atoms. The van der Waals surface area contributed by atoms with Gasteiger partial charge >= 0.3 is 0 Å². The van der Waals surface area contributed by atoms with Crippen molar-refractivity contribution in [2.45, 2.75) is 6.92 Å². The predicted molar refractivity (Wildman–Crippen MR) is 79.7 cm³/mol. The average molecular weight is 270 g/mol. The average Bonchev–Trinajstić information content (AvgIpc) is 2.48. The van der Waals surface area contributed by atoms with Gasteiger partial charge in [-0.3, -0.25) is 4.79 Å². The minimum Gasteiger partial charge on any atom is -0.368 e. The van der Waals surface area contributed by atoms with Gasteiger partial charge in [-0.05, 0) is 24.6 Å². The molecule has 0 unspecified atom stereocenters. The molecule has 104 valence electrons. The standard InChI is InChI=1S/C15H18N4O/c1-12-3-2-4-13(9-12)19-15(20)10-14(11-17-19)18-7-5-16-6-8-18/h2-4,9-11,16H,5-8H2,1H3. The van der Waals surface area contributed by atoms with Crippen molar-refractivity contribution in [3.8, 4) is 5.69 Å². The fourth-order valence-corrected chi connectivity index (χ4v) is 2.45. The highest BCUT2D eigenvalue weighted by atomic mass is 16.1. The number of nitrogens with zero attached hydrogens (tertiary/aromatic N) is 3. The summed E-state index contributed by atoms with van der Waals surface area (Å²) in [5.41, 5.74) is 2.73. The Kier molecular flexibility index (Phi) is 3.52. The molecule has 1 saturated heterocycles. The van der Waals surface area contributed by atoms with Crippen LogP contribution in [0.25, 0.3) is 5.69 Å². The van der Waals surface area contributed by atoms with Crippen molar-refractivity contribution in [3.63, 3.8) is 0 Å². The third kappa shape index (κ3) is 2.58. The Morgan fingerprint density at radius 2 is 1.95 bits per heavy atom. The summed E-state index contributed by atoms with van der Waals surface area (Å²) < 4.78 is 1.44. The van der Waals surface area contributed by atoms with Gasteiger partial charge in [0.25, 0.3) is 5.56 Å². The molecule has 3 rings (SSSR count). The van der Waals surface area contributed by atoms with E-state index in [0.29, 0.717) is 0 Å². The third-order valence-corrected chi connectivity index (χ3v) is 3.51. The molecule has 5 heteroatoms. The number of aryl methyl sites for hydroxylation is 1. The highest BCUT2D eigenvalue weighted by Gasteiger charge is 2.12. The summed E-state index contributed by atoms with van der Waals surface area (Å²) in [6.45, 7) is 5.72. The summed E-state index contributed by atoms with van der Waals surface area (Å²) in [6.07, 6.45) is 1.77. The maximum atomic E-state index is 12.3. The largest absolute Gasteiger partial charge is 0.368 e. The lowest BCUT2D eigenvalue weighted by molar-refractivity contribution is 0.587. The number of aromatic nitrogens is 2. The fraction of sp³-hybridized carbons (Fsp3) is 0.333. The number of hydrogen-bond donors (Lipinski definition) is 1. The number of benzene rings is 1. The zero-order valence-corrected chi connectivity index (χ0v) is 11.5. The quantitative estimate of drug-likeness (QED) is 0.883. The molecular weight excluding hydrogens is 252 g/mol. The maximum Gasteiger partial charge on any atom is 0.273 e. The molecule has 2 heterocycles. The Morgan fingerprint density at radius 3 is 2.65 bits per heavy atom. The highest BCUT2D eigenvalue weighted by Crippen LogP contribution is 2.12. The smallest absolute Gasteiger partial charge is 0.273 e. The summed E-state index contributed by atoms with van der Waals surface area (Å²) in [5.74, 6) is 0. The number of anilines is 1. The van der Waals surface area contributed by atoms with Crippen molar-refractivity contribution < 1.29 is 0 Å².